The third-order valence-electron chi connectivity index (χ3n) is 10.7. The van der Waals surface area contributed by atoms with E-state index in [1.165, 1.54) is 38.5 Å². The van der Waals surface area contributed by atoms with Crippen molar-refractivity contribution in [3.8, 4) is 67.4 Å². The maximum absolute atomic E-state index is 6.88. The van der Waals surface area contributed by atoms with Gasteiger partial charge in [-0.15, -0.1) is 0 Å². The summed E-state index contributed by atoms with van der Waals surface area (Å²) in [6.07, 6.45) is 0. The summed E-state index contributed by atoms with van der Waals surface area (Å²) in [5.41, 5.74) is 14.8. The third-order valence-corrected chi connectivity index (χ3v) is 10.7. The van der Waals surface area contributed by atoms with Crippen LogP contribution in [-0.2, 0) is 0 Å². The average Bonchev–Trinajstić information content (AvgIpc) is 3.55. The first kappa shape index (κ1) is 29.0. The number of rotatable bonds is 4. The predicted octanol–water partition coefficient (Wildman–Crippen LogP) is 11.1. The van der Waals surface area contributed by atoms with E-state index in [2.05, 4.69) is 174 Å². The van der Waals surface area contributed by atoms with Crippen molar-refractivity contribution in [2.24, 2.45) is 0 Å². The van der Waals surface area contributed by atoms with E-state index in [0.29, 0.717) is 0 Å². The summed E-state index contributed by atoms with van der Waals surface area (Å²) in [6, 6.07) is 64.8. The number of fused-ring (bicyclic) bond motifs is 7. The van der Waals surface area contributed by atoms with Crippen molar-refractivity contribution in [2.75, 3.05) is 0 Å². The van der Waals surface area contributed by atoms with E-state index in [9.17, 15) is 0 Å². The highest BCUT2D eigenvalue weighted by Gasteiger charge is 2.41. The fourth-order valence-electron chi connectivity index (χ4n) is 8.32. The van der Waals surface area contributed by atoms with Crippen LogP contribution in [0.2, 0.25) is 0 Å². The molecule has 0 atom stereocenters. The predicted molar refractivity (Wildman–Crippen MR) is 215 cm³/mol. The highest BCUT2D eigenvalue weighted by Crippen LogP contribution is 2.44. The Morgan fingerprint density at radius 3 is 1.85 bits per heavy atom. The van der Waals surface area contributed by atoms with Crippen LogP contribution in [0.1, 0.15) is 0 Å². The number of ether oxygens (including phenoxy) is 1. The van der Waals surface area contributed by atoms with Crippen LogP contribution in [0.3, 0.4) is 0 Å². The first-order valence-electron chi connectivity index (χ1n) is 17.8. The number of aromatic nitrogens is 1. The Kier molecular flexibility index (Phi) is 6.35. The van der Waals surface area contributed by atoms with Crippen molar-refractivity contribution in [3.05, 3.63) is 182 Å². The van der Waals surface area contributed by atoms with E-state index < -0.39 is 0 Å². The lowest BCUT2D eigenvalue weighted by Crippen LogP contribution is -2.53. The molecule has 8 aromatic carbocycles. The molecule has 11 rings (SSSR count). The average molecular weight is 664 g/mol. The van der Waals surface area contributed by atoms with Gasteiger partial charge >= 0.3 is 6.92 Å². The number of hydrogen-bond acceptors (Lipinski definition) is 2. The van der Waals surface area contributed by atoms with Gasteiger partial charge in [0.2, 0.25) is 0 Å². The van der Waals surface area contributed by atoms with Gasteiger partial charge in [-0.2, -0.15) is 0 Å². The van der Waals surface area contributed by atoms with Crippen molar-refractivity contribution >= 4 is 39.6 Å². The number of para-hydroxylation sites is 3. The summed E-state index contributed by atoms with van der Waals surface area (Å²) < 4.78 is 16.0. The topological polar surface area (TPSA) is 23.4 Å². The first-order valence-corrected chi connectivity index (χ1v) is 17.8. The van der Waals surface area contributed by atoms with Crippen LogP contribution >= 0.6 is 0 Å². The minimum atomic E-state index is -0.261. The molecule has 52 heavy (non-hydrogen) atoms. The molecule has 0 bridgehead atoms. The van der Waals surface area contributed by atoms with Gasteiger partial charge in [0.15, 0.2) is 0 Å². The van der Waals surface area contributed by atoms with Crippen LogP contribution in [0.5, 0.6) is 17.2 Å². The molecule has 0 saturated heterocycles. The zero-order valence-electron chi connectivity index (χ0n) is 28.2. The first-order chi connectivity index (χ1) is 25.8. The number of hydrogen-bond donors (Lipinski definition) is 0. The molecule has 0 unspecified atom stereocenters. The van der Waals surface area contributed by atoms with Gasteiger partial charge in [0.25, 0.3) is 0 Å². The van der Waals surface area contributed by atoms with Gasteiger partial charge in [-0.25, -0.2) is 0 Å². The molecule has 3 nitrogen and oxygen atoms in total. The zero-order chi connectivity index (χ0) is 34.2. The van der Waals surface area contributed by atoms with Crippen LogP contribution in [-0.4, -0.2) is 11.5 Å². The van der Waals surface area contributed by atoms with Crippen molar-refractivity contribution in [3.63, 3.8) is 0 Å². The molecule has 242 valence electrons. The molecule has 0 amide bonds. The van der Waals surface area contributed by atoms with Crippen LogP contribution in [0.25, 0.3) is 72.0 Å². The fraction of sp³-hybridized carbons (Fsp3) is 0. The smallest absolute Gasteiger partial charge is 0.434 e. The molecule has 0 fully saturated rings. The van der Waals surface area contributed by atoms with E-state index in [1.807, 2.05) is 12.1 Å². The maximum Gasteiger partial charge on any atom is 0.434 e. The summed E-state index contributed by atoms with van der Waals surface area (Å²) in [6.45, 7) is -0.261. The van der Waals surface area contributed by atoms with Crippen molar-refractivity contribution < 1.29 is 9.39 Å². The highest BCUT2D eigenvalue weighted by molar-refractivity contribution is 6.84. The van der Waals surface area contributed by atoms with Gasteiger partial charge in [-0.05, 0) is 93.5 Å². The fourth-order valence-corrected chi connectivity index (χ4v) is 8.32. The molecule has 4 heteroatoms. The van der Waals surface area contributed by atoms with Crippen molar-refractivity contribution in [2.45, 2.75) is 0 Å². The van der Waals surface area contributed by atoms with E-state index in [0.717, 1.165) is 61.7 Å². The molecular formula is C48H30BNO2. The lowest BCUT2D eigenvalue weighted by atomic mass is 9.50. The van der Waals surface area contributed by atoms with Gasteiger partial charge in [0, 0.05) is 32.9 Å². The van der Waals surface area contributed by atoms with Crippen molar-refractivity contribution in [1.82, 2.24) is 4.57 Å². The summed E-state index contributed by atoms with van der Waals surface area (Å²) in [7, 11) is 0. The Hall–Kier alpha value is -6.78. The van der Waals surface area contributed by atoms with Crippen LogP contribution in [0, 0.1) is 0 Å². The summed E-state index contributed by atoms with van der Waals surface area (Å²) >= 11 is 0. The standard InChI is InChI=1S/C48H30BNO2/c1-2-13-31(14-3-1)36-17-4-5-18-37(36)33-25-26-45-40(28-33)41-29-34(30-47-48(41)49(52-45)42-21-8-11-24-46(42)51-47)32-15-12-16-35(27-32)50-43-22-9-6-19-38(43)39-20-7-10-23-44(39)50/h1-30H. The Balaban J connectivity index is 1.11. The summed E-state index contributed by atoms with van der Waals surface area (Å²) in [4.78, 5) is 0. The monoisotopic (exact) mass is 663 g/mol. The number of nitrogens with zero attached hydrogens (tertiary/aromatic N) is 1. The molecule has 0 radical (unpaired) electrons. The second-order valence-electron chi connectivity index (χ2n) is 13.6. The number of benzene rings is 8. The minimum absolute atomic E-state index is 0.261. The Morgan fingerprint density at radius 1 is 0.385 bits per heavy atom. The van der Waals surface area contributed by atoms with E-state index in [-0.39, 0.29) is 6.92 Å². The van der Waals surface area contributed by atoms with Crippen LogP contribution < -0.4 is 20.3 Å². The van der Waals surface area contributed by atoms with Gasteiger partial charge in [-0.3, -0.25) is 0 Å². The Bertz CT molecular complexity index is 2820. The minimum Gasteiger partial charge on any atom is -0.551 e. The molecule has 0 N–H and O–H groups in total. The third kappa shape index (κ3) is 4.41. The molecular weight excluding hydrogens is 633 g/mol. The quantitative estimate of drug-likeness (QED) is 0.175. The maximum atomic E-state index is 6.88. The molecule has 1 aromatic heterocycles. The highest BCUT2D eigenvalue weighted by atomic mass is 16.5. The second-order valence-corrected chi connectivity index (χ2v) is 13.6. The second kappa shape index (κ2) is 11.4. The Labute approximate surface area is 302 Å². The summed E-state index contributed by atoms with van der Waals surface area (Å²) in [5.74, 6) is 2.54. The van der Waals surface area contributed by atoms with Crippen LogP contribution in [0.15, 0.2) is 182 Å². The molecule has 2 aliphatic rings. The molecule has 0 saturated carbocycles. The Morgan fingerprint density at radius 2 is 1.04 bits per heavy atom. The van der Waals surface area contributed by atoms with E-state index >= 15 is 0 Å². The largest absolute Gasteiger partial charge is 0.551 e. The molecule has 0 aliphatic carbocycles. The van der Waals surface area contributed by atoms with Crippen molar-refractivity contribution in [1.29, 1.82) is 0 Å². The normalized spacial score (nSPS) is 12.5. The van der Waals surface area contributed by atoms with Crippen LogP contribution in [0.4, 0.5) is 0 Å². The van der Waals surface area contributed by atoms with Gasteiger partial charge in [0.1, 0.15) is 17.2 Å². The molecule has 0 spiro atoms. The lowest BCUT2D eigenvalue weighted by molar-refractivity contribution is 0.479. The molecule has 9 aromatic rings. The lowest BCUT2D eigenvalue weighted by Gasteiger charge is -2.33. The van der Waals surface area contributed by atoms with E-state index in [1.54, 1.807) is 0 Å². The summed E-state index contributed by atoms with van der Waals surface area (Å²) in [5, 5.41) is 2.50. The van der Waals surface area contributed by atoms with Gasteiger partial charge < -0.3 is 14.0 Å². The SMILES string of the molecule is c1ccc(-c2ccccc2-c2ccc3c(c2)-c2cc(-c4cccc(-n5c6ccccc6c6ccccc65)c4)cc4c2B(O3)c2ccccc2O4)cc1. The van der Waals surface area contributed by atoms with Gasteiger partial charge in [-0.1, -0.05) is 127 Å². The van der Waals surface area contributed by atoms with Gasteiger partial charge in [0.05, 0.1) is 11.0 Å². The van der Waals surface area contributed by atoms with E-state index in [4.69, 9.17) is 9.39 Å². The molecule has 3 heterocycles. The zero-order valence-corrected chi connectivity index (χ0v) is 28.2. The molecule has 2 aliphatic heterocycles.